The molecule has 0 bridgehead atoms. The molecule has 0 saturated heterocycles. The van der Waals surface area contributed by atoms with Crippen molar-refractivity contribution in [1.29, 1.82) is 0 Å². The van der Waals surface area contributed by atoms with Crippen LogP contribution in [0.4, 0.5) is 5.82 Å². The number of amides is 2. The van der Waals surface area contributed by atoms with Gasteiger partial charge >= 0.3 is 0 Å². The number of hydrogen-bond donors (Lipinski definition) is 0. The molecule has 0 saturated carbocycles. The molecule has 1 heterocycles. The second-order valence-corrected chi connectivity index (χ2v) is 3.68. The van der Waals surface area contributed by atoms with E-state index in [-0.39, 0.29) is 10.8 Å². The van der Waals surface area contributed by atoms with Gasteiger partial charge in [0.15, 0.2) is 5.82 Å². The van der Waals surface area contributed by atoms with Crippen molar-refractivity contribution >= 4 is 40.8 Å². The van der Waals surface area contributed by atoms with Crippen LogP contribution in [0.25, 0.3) is 0 Å². The van der Waals surface area contributed by atoms with Crippen LogP contribution in [0.2, 0.25) is 10.0 Å². The van der Waals surface area contributed by atoms with Crippen LogP contribution in [0, 0.1) is 0 Å². The number of nitrogens with zero attached hydrogens (tertiary/aromatic N) is 2. The fraction of sp³-hybridized carbons (Fsp3) is 0.222. The zero-order valence-electron chi connectivity index (χ0n) is 8.12. The van der Waals surface area contributed by atoms with Crippen molar-refractivity contribution in [2.75, 3.05) is 4.90 Å². The summed E-state index contributed by atoms with van der Waals surface area (Å²) < 4.78 is 0. The van der Waals surface area contributed by atoms with Gasteiger partial charge in [-0.3, -0.25) is 9.59 Å². The number of rotatable bonds is 1. The summed E-state index contributed by atoms with van der Waals surface area (Å²) in [6, 6.07) is 1.42. The van der Waals surface area contributed by atoms with Gasteiger partial charge in [0.25, 0.3) is 0 Å². The lowest BCUT2D eigenvalue weighted by Gasteiger charge is -2.16. The zero-order valence-corrected chi connectivity index (χ0v) is 9.63. The summed E-state index contributed by atoms with van der Waals surface area (Å²) in [5.74, 6) is -0.792. The maximum absolute atomic E-state index is 11.2. The number of halogens is 2. The Morgan fingerprint density at radius 1 is 1.27 bits per heavy atom. The molecule has 0 unspecified atom stereocenters. The highest BCUT2D eigenvalue weighted by Crippen LogP contribution is 2.26. The Balaban J connectivity index is 3.23. The van der Waals surface area contributed by atoms with E-state index in [0.717, 1.165) is 4.90 Å². The lowest BCUT2D eigenvalue weighted by molar-refractivity contribution is -0.124. The fourth-order valence-electron chi connectivity index (χ4n) is 1.09. The van der Waals surface area contributed by atoms with Crippen LogP contribution in [0.5, 0.6) is 0 Å². The summed E-state index contributed by atoms with van der Waals surface area (Å²) in [7, 11) is 0. The average Bonchev–Trinajstić information content (AvgIpc) is 2.08. The molecule has 15 heavy (non-hydrogen) atoms. The number of carbonyl (C=O) groups is 2. The van der Waals surface area contributed by atoms with Gasteiger partial charge in [0.1, 0.15) is 0 Å². The quantitative estimate of drug-likeness (QED) is 0.764. The van der Waals surface area contributed by atoms with Crippen molar-refractivity contribution in [3.05, 3.63) is 22.3 Å². The summed E-state index contributed by atoms with van der Waals surface area (Å²) in [6.07, 6.45) is 1.32. The Kier molecular flexibility index (Phi) is 3.66. The van der Waals surface area contributed by atoms with Crippen molar-refractivity contribution in [2.24, 2.45) is 0 Å². The van der Waals surface area contributed by atoms with Crippen molar-refractivity contribution in [2.45, 2.75) is 13.8 Å². The highest BCUT2D eigenvalue weighted by atomic mass is 35.5. The molecular formula is C9H8Cl2N2O2. The summed E-state index contributed by atoms with van der Waals surface area (Å²) in [5, 5.41) is 0.503. The van der Waals surface area contributed by atoms with Crippen molar-refractivity contribution < 1.29 is 9.59 Å². The molecule has 4 nitrogen and oxygen atoms in total. The summed E-state index contributed by atoms with van der Waals surface area (Å²) >= 11 is 11.5. The molecule has 0 spiro atoms. The number of anilines is 1. The Hall–Kier alpha value is -1.13. The molecule has 2 amide bonds. The number of aromatic nitrogens is 1. The van der Waals surface area contributed by atoms with Gasteiger partial charge < -0.3 is 0 Å². The number of pyridine rings is 1. The van der Waals surface area contributed by atoms with E-state index in [4.69, 9.17) is 23.2 Å². The van der Waals surface area contributed by atoms with Crippen molar-refractivity contribution in [1.82, 2.24) is 4.98 Å². The topological polar surface area (TPSA) is 50.3 Å². The SMILES string of the molecule is CC(=O)N(C(C)=O)c1ncc(Cl)cc1Cl. The Bertz CT molecular complexity index is 407. The third-order valence-electron chi connectivity index (χ3n) is 1.63. The second-order valence-electron chi connectivity index (χ2n) is 2.83. The van der Waals surface area contributed by atoms with E-state index in [0.29, 0.717) is 5.02 Å². The maximum atomic E-state index is 11.2. The highest BCUT2D eigenvalue weighted by Gasteiger charge is 2.20. The second kappa shape index (κ2) is 4.59. The van der Waals surface area contributed by atoms with Crippen LogP contribution in [-0.2, 0) is 9.59 Å². The van der Waals surface area contributed by atoms with Crippen molar-refractivity contribution in [3.8, 4) is 0 Å². The monoisotopic (exact) mass is 246 g/mol. The third-order valence-corrected chi connectivity index (χ3v) is 2.11. The van der Waals surface area contributed by atoms with E-state index in [9.17, 15) is 9.59 Å². The van der Waals surface area contributed by atoms with Gasteiger partial charge in [0.2, 0.25) is 11.8 Å². The minimum Gasteiger partial charge on any atom is -0.274 e. The van der Waals surface area contributed by atoms with Gasteiger partial charge in [-0.05, 0) is 6.07 Å². The predicted molar refractivity (Wildman–Crippen MR) is 58.1 cm³/mol. The lowest BCUT2D eigenvalue weighted by Crippen LogP contribution is -2.34. The summed E-state index contributed by atoms with van der Waals surface area (Å²) in [6.45, 7) is 2.52. The average molecular weight is 247 g/mol. The molecule has 0 fully saturated rings. The summed E-state index contributed by atoms with van der Waals surface area (Å²) in [5.41, 5.74) is 0. The molecule has 6 heteroatoms. The third kappa shape index (κ3) is 2.67. The van der Waals surface area contributed by atoms with E-state index in [1.165, 1.54) is 26.1 Å². The van der Waals surface area contributed by atoms with E-state index in [2.05, 4.69) is 4.98 Å². The Morgan fingerprint density at radius 3 is 2.20 bits per heavy atom. The highest BCUT2D eigenvalue weighted by molar-refractivity contribution is 6.37. The molecule has 0 aliphatic heterocycles. The molecule has 0 aliphatic carbocycles. The fourth-order valence-corrected chi connectivity index (χ4v) is 1.56. The first-order valence-electron chi connectivity index (χ1n) is 4.05. The number of carbonyl (C=O) groups excluding carboxylic acids is 2. The van der Waals surface area contributed by atoms with E-state index < -0.39 is 11.8 Å². The van der Waals surface area contributed by atoms with Crippen LogP contribution < -0.4 is 4.90 Å². The normalized spacial score (nSPS) is 9.87. The van der Waals surface area contributed by atoms with Gasteiger partial charge in [0, 0.05) is 20.0 Å². The molecule has 1 rings (SSSR count). The summed E-state index contributed by atoms with van der Waals surface area (Å²) in [4.78, 5) is 27.1. The number of imide groups is 1. The van der Waals surface area contributed by atoms with E-state index in [1.807, 2.05) is 0 Å². The molecule has 1 aromatic heterocycles. The molecule has 0 aromatic carbocycles. The van der Waals surface area contributed by atoms with E-state index >= 15 is 0 Å². The van der Waals surface area contributed by atoms with E-state index in [1.54, 1.807) is 0 Å². The Morgan fingerprint density at radius 2 is 1.80 bits per heavy atom. The minimum atomic E-state index is -0.445. The smallest absolute Gasteiger partial charge is 0.231 e. The van der Waals surface area contributed by atoms with Crippen LogP contribution >= 0.6 is 23.2 Å². The van der Waals surface area contributed by atoms with Crippen LogP contribution in [0.3, 0.4) is 0 Å². The van der Waals surface area contributed by atoms with Gasteiger partial charge in [-0.1, -0.05) is 23.2 Å². The molecule has 0 atom stereocenters. The largest absolute Gasteiger partial charge is 0.274 e. The minimum absolute atomic E-state index is 0.0982. The van der Waals surface area contributed by atoms with Crippen LogP contribution in [0.1, 0.15) is 13.8 Å². The number of hydrogen-bond acceptors (Lipinski definition) is 3. The zero-order chi connectivity index (χ0) is 11.6. The first-order chi connectivity index (χ1) is 6.93. The van der Waals surface area contributed by atoms with Gasteiger partial charge in [0.05, 0.1) is 10.0 Å². The molecular weight excluding hydrogens is 239 g/mol. The van der Waals surface area contributed by atoms with Crippen LogP contribution in [0.15, 0.2) is 12.3 Å². The molecule has 80 valence electrons. The van der Waals surface area contributed by atoms with Crippen molar-refractivity contribution in [3.63, 3.8) is 0 Å². The molecule has 0 radical (unpaired) electrons. The lowest BCUT2D eigenvalue weighted by atomic mass is 10.4. The molecule has 0 N–H and O–H groups in total. The Labute approximate surface area is 96.8 Å². The maximum Gasteiger partial charge on any atom is 0.231 e. The van der Waals surface area contributed by atoms with Gasteiger partial charge in [-0.15, -0.1) is 0 Å². The molecule has 1 aromatic rings. The van der Waals surface area contributed by atoms with Gasteiger partial charge in [-0.25, -0.2) is 9.88 Å². The first kappa shape index (κ1) is 11.9. The first-order valence-corrected chi connectivity index (χ1v) is 4.81. The standard InChI is InChI=1S/C9H8Cl2N2O2/c1-5(14)13(6(2)15)9-8(11)3-7(10)4-12-9/h3-4H,1-2H3. The van der Waals surface area contributed by atoms with Crippen LogP contribution in [-0.4, -0.2) is 16.8 Å². The van der Waals surface area contributed by atoms with Gasteiger partial charge in [-0.2, -0.15) is 0 Å². The molecule has 0 aliphatic rings. The predicted octanol–water partition coefficient (Wildman–Crippen LogP) is 2.29.